The highest BCUT2D eigenvalue weighted by atomic mass is 15.0. The van der Waals surface area contributed by atoms with Crippen LogP contribution in [0.15, 0.2) is 261 Å². The predicted octanol–water partition coefficient (Wildman–Crippen LogP) is 17.4. The molecule has 4 aromatic heterocycles. The summed E-state index contributed by atoms with van der Waals surface area (Å²) >= 11 is 0. The molecule has 358 valence electrons. The molecule has 77 heavy (non-hydrogen) atoms. The van der Waals surface area contributed by atoms with Crippen molar-refractivity contribution < 1.29 is 0 Å². The van der Waals surface area contributed by atoms with Crippen LogP contribution >= 0.6 is 0 Å². The van der Waals surface area contributed by atoms with Gasteiger partial charge in [0.25, 0.3) is 0 Å². The van der Waals surface area contributed by atoms with Gasteiger partial charge < -0.3 is 13.7 Å². The van der Waals surface area contributed by atoms with Gasteiger partial charge in [-0.25, -0.2) is 15.0 Å². The van der Waals surface area contributed by atoms with E-state index in [1.54, 1.807) is 0 Å². The molecule has 0 atom stereocenters. The van der Waals surface area contributed by atoms with E-state index in [0.29, 0.717) is 23.0 Å². The highest BCUT2D eigenvalue weighted by Gasteiger charge is 2.27. The highest BCUT2D eigenvalue weighted by molar-refractivity contribution is 6.14. The molecule has 0 aliphatic carbocycles. The van der Waals surface area contributed by atoms with Crippen LogP contribution in [0.4, 0.5) is 0 Å². The molecule has 0 fully saturated rings. The van der Waals surface area contributed by atoms with Crippen molar-refractivity contribution in [3.63, 3.8) is 0 Å². The molecule has 4 heterocycles. The number of aromatic nitrogens is 6. The van der Waals surface area contributed by atoms with Crippen LogP contribution in [0.5, 0.6) is 0 Å². The molecule has 0 aliphatic rings. The Morgan fingerprint density at radius 1 is 0.273 bits per heavy atom. The number of fused-ring (bicyclic) bond motifs is 9. The molecular formula is C70H43N7. The van der Waals surface area contributed by atoms with E-state index in [9.17, 15) is 5.26 Å². The molecule has 15 rings (SSSR count). The minimum absolute atomic E-state index is 0.538. The minimum Gasteiger partial charge on any atom is -0.309 e. The molecule has 0 spiro atoms. The number of para-hydroxylation sites is 7. The maximum absolute atomic E-state index is 10.4. The maximum Gasteiger partial charge on any atom is 0.164 e. The zero-order valence-electron chi connectivity index (χ0n) is 41.5. The topological polar surface area (TPSA) is 77.2 Å². The molecule has 0 unspecified atom stereocenters. The summed E-state index contributed by atoms with van der Waals surface area (Å²) < 4.78 is 7.25. The Morgan fingerprint density at radius 3 is 1.04 bits per heavy atom. The first-order chi connectivity index (χ1) is 38.2. The minimum atomic E-state index is 0.538. The molecule has 15 aromatic rings. The van der Waals surface area contributed by atoms with Gasteiger partial charge in [0.1, 0.15) is 0 Å². The van der Waals surface area contributed by atoms with Crippen LogP contribution in [0.3, 0.4) is 0 Å². The van der Waals surface area contributed by atoms with E-state index in [1.165, 1.54) is 21.5 Å². The summed E-state index contributed by atoms with van der Waals surface area (Å²) in [6.45, 7) is 0. The largest absolute Gasteiger partial charge is 0.309 e. The Labute approximate surface area is 443 Å². The standard InChI is InChI=1S/C70H43N7/c71-44-45-39-40-66-56(41-45)53-29-11-20-38-65(53)77(66)67-57(54-30-12-18-36-63(54)75-59-32-14-7-25-49(59)50-26-8-15-33-60(50)75)42-48(70-73-68(46-21-3-1-4-22-46)72-69(74-70)47-23-5-2-6-24-47)43-58(67)55-31-13-19-37-64(55)76-61-34-16-9-27-51(61)52-28-10-17-35-62(52)76/h1-43H. The SMILES string of the molecule is N#Cc1ccc2c(c1)c1ccccc1n2-c1c(-c2ccccc2-n2c3ccccc3c3ccccc32)cc(-c2nc(-c3ccccc3)nc(-c3ccccc3)n2)cc1-c1ccccc1-n1c2ccccc2c2ccccc21. The molecule has 0 N–H and O–H groups in total. The van der Waals surface area contributed by atoms with Crippen molar-refractivity contribution in [1.29, 1.82) is 5.26 Å². The first-order valence-electron chi connectivity index (χ1n) is 25.8. The van der Waals surface area contributed by atoms with Crippen molar-refractivity contribution in [3.05, 3.63) is 266 Å². The lowest BCUT2D eigenvalue weighted by Crippen LogP contribution is -2.07. The molecule has 11 aromatic carbocycles. The Balaban J connectivity index is 1.14. The van der Waals surface area contributed by atoms with Crippen LogP contribution in [-0.4, -0.2) is 28.7 Å². The first kappa shape index (κ1) is 43.9. The van der Waals surface area contributed by atoms with Crippen molar-refractivity contribution in [2.75, 3.05) is 0 Å². The molecule has 0 radical (unpaired) electrons. The zero-order valence-corrected chi connectivity index (χ0v) is 41.5. The Hall–Kier alpha value is -10.7. The molecule has 0 saturated carbocycles. The van der Waals surface area contributed by atoms with Gasteiger partial charge in [0, 0.05) is 71.3 Å². The van der Waals surface area contributed by atoms with Crippen LogP contribution in [0.2, 0.25) is 0 Å². The van der Waals surface area contributed by atoms with Crippen LogP contribution in [0, 0.1) is 11.3 Å². The third kappa shape index (κ3) is 7.01. The number of nitriles is 1. The zero-order chi connectivity index (χ0) is 51.0. The Bertz CT molecular complexity index is 4540. The second-order valence-electron chi connectivity index (χ2n) is 19.4. The maximum atomic E-state index is 10.4. The highest BCUT2D eigenvalue weighted by Crippen LogP contribution is 2.48. The summed E-state index contributed by atoms with van der Waals surface area (Å²) in [6, 6.07) is 94.3. The summed E-state index contributed by atoms with van der Waals surface area (Å²) in [4.78, 5) is 16.0. The van der Waals surface area contributed by atoms with E-state index in [2.05, 4.69) is 232 Å². The Morgan fingerprint density at radius 2 is 0.610 bits per heavy atom. The number of hydrogen-bond acceptors (Lipinski definition) is 4. The molecule has 0 saturated heterocycles. The van der Waals surface area contributed by atoms with Crippen molar-refractivity contribution >= 4 is 65.4 Å². The van der Waals surface area contributed by atoms with Crippen molar-refractivity contribution in [2.24, 2.45) is 0 Å². The van der Waals surface area contributed by atoms with Crippen molar-refractivity contribution in [1.82, 2.24) is 28.7 Å². The number of nitrogens with zero attached hydrogens (tertiary/aromatic N) is 7. The van der Waals surface area contributed by atoms with E-state index in [-0.39, 0.29) is 0 Å². The lowest BCUT2D eigenvalue weighted by molar-refractivity contribution is 1.07. The molecule has 7 nitrogen and oxygen atoms in total. The van der Waals surface area contributed by atoms with Crippen LogP contribution < -0.4 is 0 Å². The average molecular weight is 982 g/mol. The van der Waals surface area contributed by atoms with Gasteiger partial charge in [-0.1, -0.05) is 188 Å². The van der Waals surface area contributed by atoms with E-state index >= 15 is 0 Å². The van der Waals surface area contributed by atoms with Crippen molar-refractivity contribution in [2.45, 2.75) is 0 Å². The third-order valence-electron chi connectivity index (χ3n) is 15.1. The normalized spacial score (nSPS) is 11.6. The van der Waals surface area contributed by atoms with Gasteiger partial charge in [0.2, 0.25) is 0 Å². The third-order valence-corrected chi connectivity index (χ3v) is 15.1. The van der Waals surface area contributed by atoms with Crippen LogP contribution in [0.25, 0.3) is 139 Å². The second-order valence-corrected chi connectivity index (χ2v) is 19.4. The molecule has 7 heteroatoms. The number of rotatable bonds is 8. The van der Waals surface area contributed by atoms with Gasteiger partial charge in [0.05, 0.1) is 61.8 Å². The lowest BCUT2D eigenvalue weighted by atomic mass is 9.90. The van der Waals surface area contributed by atoms with Gasteiger partial charge >= 0.3 is 0 Å². The van der Waals surface area contributed by atoms with Gasteiger partial charge in [-0.2, -0.15) is 5.26 Å². The van der Waals surface area contributed by atoms with E-state index in [4.69, 9.17) is 15.0 Å². The van der Waals surface area contributed by atoms with Gasteiger partial charge in [-0.3, -0.25) is 0 Å². The summed E-state index contributed by atoms with van der Waals surface area (Å²) in [6.07, 6.45) is 0. The first-order valence-corrected chi connectivity index (χ1v) is 25.8. The second kappa shape index (κ2) is 17.8. The molecular weight excluding hydrogens is 939 g/mol. The van der Waals surface area contributed by atoms with E-state index < -0.39 is 0 Å². The quantitative estimate of drug-likeness (QED) is 0.152. The van der Waals surface area contributed by atoms with E-state index in [1.807, 2.05) is 48.5 Å². The van der Waals surface area contributed by atoms with Crippen LogP contribution in [0.1, 0.15) is 5.56 Å². The fraction of sp³-hybridized carbons (Fsp3) is 0. The monoisotopic (exact) mass is 981 g/mol. The fourth-order valence-electron chi connectivity index (χ4n) is 11.8. The van der Waals surface area contributed by atoms with Crippen LogP contribution in [-0.2, 0) is 0 Å². The van der Waals surface area contributed by atoms with Gasteiger partial charge in [-0.05, 0) is 72.8 Å². The molecule has 0 bridgehead atoms. The smallest absolute Gasteiger partial charge is 0.164 e. The predicted molar refractivity (Wildman–Crippen MR) is 315 cm³/mol. The molecule has 0 aliphatic heterocycles. The lowest BCUT2D eigenvalue weighted by Gasteiger charge is -2.24. The number of benzene rings is 11. The molecule has 0 amide bonds. The summed E-state index contributed by atoms with van der Waals surface area (Å²) in [5.41, 5.74) is 16.5. The summed E-state index contributed by atoms with van der Waals surface area (Å²) in [5, 5.41) is 17.1. The Kier molecular flexibility index (Phi) is 10.1. The van der Waals surface area contributed by atoms with E-state index in [0.717, 1.165) is 99.9 Å². The average Bonchev–Trinajstić information content (AvgIpc) is 4.31. The summed E-state index contributed by atoms with van der Waals surface area (Å²) in [7, 11) is 0. The van der Waals surface area contributed by atoms with Gasteiger partial charge in [0.15, 0.2) is 17.5 Å². The summed E-state index contributed by atoms with van der Waals surface area (Å²) in [5.74, 6) is 1.69. The van der Waals surface area contributed by atoms with Crippen molar-refractivity contribution in [3.8, 4) is 79.5 Å². The van der Waals surface area contributed by atoms with Gasteiger partial charge in [-0.15, -0.1) is 0 Å². The number of hydrogen-bond donors (Lipinski definition) is 0. The fourth-order valence-corrected chi connectivity index (χ4v) is 11.8.